The van der Waals surface area contributed by atoms with Crippen molar-refractivity contribution >= 4 is 11.6 Å². The Kier molecular flexibility index (Phi) is 7.70. The zero-order chi connectivity index (χ0) is 16.9. The quantitative estimate of drug-likeness (QED) is 0.711. The van der Waals surface area contributed by atoms with Crippen molar-refractivity contribution in [2.75, 3.05) is 19.6 Å². The molecule has 0 aromatic heterocycles. The lowest BCUT2D eigenvalue weighted by Crippen LogP contribution is -2.35. The average Bonchev–Trinajstić information content (AvgIpc) is 2.85. The third-order valence-corrected chi connectivity index (χ3v) is 4.88. The summed E-state index contributed by atoms with van der Waals surface area (Å²) in [7, 11) is 0. The van der Waals surface area contributed by atoms with E-state index in [9.17, 15) is 9.59 Å². The molecule has 4 nitrogen and oxygen atoms in total. The van der Waals surface area contributed by atoms with E-state index in [0.717, 1.165) is 26.1 Å². The van der Waals surface area contributed by atoms with E-state index in [1.807, 2.05) is 20.8 Å². The summed E-state index contributed by atoms with van der Waals surface area (Å²) in [5.41, 5.74) is 6.00. The largest absolute Gasteiger partial charge is 0.327 e. The summed E-state index contributed by atoms with van der Waals surface area (Å²) in [6, 6.07) is -0.0371. The predicted octanol–water partition coefficient (Wildman–Crippen LogP) is 2.50. The number of nitrogens with two attached hydrogens (primary N) is 1. The van der Waals surface area contributed by atoms with Crippen LogP contribution in [0.4, 0.5) is 0 Å². The Morgan fingerprint density at radius 2 is 1.77 bits per heavy atom. The van der Waals surface area contributed by atoms with Crippen molar-refractivity contribution in [2.45, 2.75) is 59.9 Å². The van der Waals surface area contributed by atoms with E-state index in [2.05, 4.69) is 18.7 Å². The van der Waals surface area contributed by atoms with Crippen LogP contribution >= 0.6 is 0 Å². The van der Waals surface area contributed by atoms with Crippen molar-refractivity contribution in [1.82, 2.24) is 4.90 Å². The molecule has 1 rings (SSSR count). The molecule has 0 bridgehead atoms. The molecule has 0 amide bonds. The first-order valence-electron chi connectivity index (χ1n) is 8.74. The van der Waals surface area contributed by atoms with Crippen LogP contribution in [-0.2, 0) is 9.59 Å². The van der Waals surface area contributed by atoms with Gasteiger partial charge in [0.15, 0.2) is 0 Å². The van der Waals surface area contributed by atoms with E-state index < -0.39 is 0 Å². The molecule has 0 spiro atoms. The molecule has 0 saturated carbocycles. The highest BCUT2D eigenvalue weighted by atomic mass is 16.1. The van der Waals surface area contributed by atoms with Crippen molar-refractivity contribution in [2.24, 2.45) is 29.4 Å². The summed E-state index contributed by atoms with van der Waals surface area (Å²) in [4.78, 5) is 26.4. The zero-order valence-electron chi connectivity index (χ0n) is 15.0. The standard InChI is InChI=1S/C18H34N2O2/c1-12(2)16(19)9-18(22)14(5)10-20-7-6-15(11-20)8-17(21)13(3)4/h12-16H,6-11,19H2,1-5H3. The molecule has 0 aromatic carbocycles. The van der Waals surface area contributed by atoms with Crippen LogP contribution in [0.15, 0.2) is 0 Å². The lowest BCUT2D eigenvalue weighted by atomic mass is 9.94. The van der Waals surface area contributed by atoms with Gasteiger partial charge in [-0.15, -0.1) is 0 Å². The van der Waals surface area contributed by atoms with Crippen LogP contribution in [0.25, 0.3) is 0 Å². The molecule has 128 valence electrons. The third kappa shape index (κ3) is 6.17. The van der Waals surface area contributed by atoms with Gasteiger partial charge in [-0.2, -0.15) is 0 Å². The molecule has 2 N–H and O–H groups in total. The van der Waals surface area contributed by atoms with Crippen LogP contribution in [-0.4, -0.2) is 42.1 Å². The van der Waals surface area contributed by atoms with Crippen LogP contribution in [0.2, 0.25) is 0 Å². The molecule has 0 radical (unpaired) electrons. The first-order chi connectivity index (χ1) is 10.2. The molecule has 1 aliphatic rings. The number of hydrogen-bond donors (Lipinski definition) is 1. The maximum Gasteiger partial charge on any atom is 0.138 e. The number of hydrogen-bond acceptors (Lipinski definition) is 4. The van der Waals surface area contributed by atoms with E-state index in [1.54, 1.807) is 0 Å². The summed E-state index contributed by atoms with van der Waals surface area (Å²) in [6.45, 7) is 12.8. The monoisotopic (exact) mass is 310 g/mol. The van der Waals surface area contributed by atoms with E-state index in [0.29, 0.717) is 30.5 Å². The third-order valence-electron chi connectivity index (χ3n) is 4.88. The van der Waals surface area contributed by atoms with Gasteiger partial charge in [-0.25, -0.2) is 0 Å². The second kappa shape index (κ2) is 8.78. The van der Waals surface area contributed by atoms with Crippen LogP contribution < -0.4 is 5.73 Å². The van der Waals surface area contributed by atoms with Gasteiger partial charge in [0.05, 0.1) is 0 Å². The maximum atomic E-state index is 12.2. The molecule has 1 fully saturated rings. The van der Waals surface area contributed by atoms with Crippen LogP contribution in [0.3, 0.4) is 0 Å². The Morgan fingerprint density at radius 1 is 1.14 bits per heavy atom. The van der Waals surface area contributed by atoms with E-state index in [-0.39, 0.29) is 23.7 Å². The minimum absolute atomic E-state index is 0.0318. The minimum Gasteiger partial charge on any atom is -0.327 e. The molecule has 3 unspecified atom stereocenters. The van der Waals surface area contributed by atoms with E-state index in [1.165, 1.54) is 0 Å². The summed E-state index contributed by atoms with van der Waals surface area (Å²) < 4.78 is 0. The summed E-state index contributed by atoms with van der Waals surface area (Å²) in [5.74, 6) is 1.60. The fraction of sp³-hybridized carbons (Fsp3) is 0.889. The van der Waals surface area contributed by atoms with Crippen LogP contribution in [0.1, 0.15) is 53.9 Å². The molecular weight excluding hydrogens is 276 g/mol. The fourth-order valence-electron chi connectivity index (χ4n) is 2.92. The van der Waals surface area contributed by atoms with Crippen molar-refractivity contribution in [1.29, 1.82) is 0 Å². The smallest absolute Gasteiger partial charge is 0.138 e. The Balaban J connectivity index is 2.36. The lowest BCUT2D eigenvalue weighted by molar-refractivity contribution is -0.124. The first-order valence-corrected chi connectivity index (χ1v) is 8.74. The van der Waals surface area contributed by atoms with Gasteiger partial charge >= 0.3 is 0 Å². The molecule has 0 aromatic rings. The second-order valence-electron chi connectivity index (χ2n) is 7.72. The highest BCUT2D eigenvalue weighted by molar-refractivity contribution is 5.81. The number of likely N-dealkylation sites (tertiary alicyclic amines) is 1. The van der Waals surface area contributed by atoms with Gasteiger partial charge in [-0.3, -0.25) is 9.59 Å². The van der Waals surface area contributed by atoms with E-state index >= 15 is 0 Å². The Morgan fingerprint density at radius 3 is 2.32 bits per heavy atom. The first kappa shape index (κ1) is 19.3. The number of ketones is 2. The van der Waals surface area contributed by atoms with Crippen molar-refractivity contribution < 1.29 is 9.59 Å². The van der Waals surface area contributed by atoms with Gasteiger partial charge in [0.1, 0.15) is 11.6 Å². The number of carbonyl (C=O) groups is 2. The molecule has 3 atom stereocenters. The topological polar surface area (TPSA) is 63.4 Å². The maximum absolute atomic E-state index is 12.2. The zero-order valence-corrected chi connectivity index (χ0v) is 15.0. The number of rotatable bonds is 9. The molecule has 1 aliphatic heterocycles. The highest BCUT2D eigenvalue weighted by Crippen LogP contribution is 2.22. The Hall–Kier alpha value is -0.740. The minimum atomic E-state index is -0.0371. The fourth-order valence-corrected chi connectivity index (χ4v) is 2.92. The number of nitrogens with zero attached hydrogens (tertiary/aromatic N) is 1. The Labute approximate surface area is 135 Å². The van der Waals surface area contributed by atoms with Gasteiger partial charge in [0, 0.05) is 43.8 Å². The Bertz CT molecular complexity index is 379. The summed E-state index contributed by atoms with van der Waals surface area (Å²) in [6.07, 6.45) is 2.24. The molecule has 22 heavy (non-hydrogen) atoms. The van der Waals surface area contributed by atoms with Crippen LogP contribution in [0.5, 0.6) is 0 Å². The lowest BCUT2D eigenvalue weighted by Gasteiger charge is -2.22. The molecule has 1 heterocycles. The van der Waals surface area contributed by atoms with Crippen molar-refractivity contribution in [3.63, 3.8) is 0 Å². The summed E-state index contributed by atoms with van der Waals surface area (Å²) in [5, 5.41) is 0. The normalized spacial score (nSPS) is 22.3. The van der Waals surface area contributed by atoms with Gasteiger partial charge in [0.2, 0.25) is 0 Å². The van der Waals surface area contributed by atoms with Crippen LogP contribution in [0, 0.1) is 23.7 Å². The molecule has 4 heteroatoms. The van der Waals surface area contributed by atoms with Crippen molar-refractivity contribution in [3.05, 3.63) is 0 Å². The van der Waals surface area contributed by atoms with Gasteiger partial charge in [0.25, 0.3) is 0 Å². The number of Topliss-reactive ketones (excluding diaryl/α,β-unsaturated/α-hetero) is 2. The second-order valence-corrected chi connectivity index (χ2v) is 7.72. The molecule has 1 saturated heterocycles. The average molecular weight is 310 g/mol. The predicted molar refractivity (Wildman–Crippen MR) is 90.6 cm³/mol. The summed E-state index contributed by atoms with van der Waals surface area (Å²) >= 11 is 0. The highest BCUT2D eigenvalue weighted by Gasteiger charge is 2.28. The molecule has 0 aliphatic carbocycles. The van der Waals surface area contributed by atoms with Gasteiger partial charge in [-0.1, -0.05) is 34.6 Å². The van der Waals surface area contributed by atoms with Gasteiger partial charge < -0.3 is 10.6 Å². The number of carbonyl (C=O) groups excluding carboxylic acids is 2. The van der Waals surface area contributed by atoms with E-state index in [4.69, 9.17) is 5.73 Å². The SMILES string of the molecule is CC(C)C(=O)CC1CCN(CC(C)C(=O)CC(N)C(C)C)C1. The van der Waals surface area contributed by atoms with Crippen molar-refractivity contribution in [3.8, 4) is 0 Å². The van der Waals surface area contributed by atoms with Gasteiger partial charge in [-0.05, 0) is 24.8 Å². The molecular formula is C18H34N2O2.